The fourth-order valence-corrected chi connectivity index (χ4v) is 3.38. The number of benzene rings is 1. The van der Waals surface area contributed by atoms with Crippen LogP contribution < -0.4 is 5.73 Å². The van der Waals surface area contributed by atoms with E-state index in [4.69, 9.17) is 5.73 Å². The number of hydrogen-bond acceptors (Lipinski definition) is 5. The largest absolute Gasteiger partial charge is 0.327 e. The van der Waals surface area contributed by atoms with Gasteiger partial charge in [-0.05, 0) is 25.1 Å². The highest BCUT2D eigenvalue weighted by Gasteiger charge is 2.16. The second kappa shape index (κ2) is 9.20. The molecular weight excluding hydrogens is 282 g/mol. The first-order valence-electron chi connectivity index (χ1n) is 7.59. The molecule has 1 atom stereocenters. The predicted octanol–water partition coefficient (Wildman–Crippen LogP) is 1.31. The Balaban J connectivity index is 1.59. The number of nitrogens with two attached hydrogens (primary N) is 1. The van der Waals surface area contributed by atoms with Crippen molar-refractivity contribution in [3.8, 4) is 0 Å². The molecule has 0 radical (unpaired) electrons. The quantitative estimate of drug-likeness (QED) is 0.580. The fraction of sp³-hybridized carbons (Fsp3) is 0.562. The van der Waals surface area contributed by atoms with E-state index in [0.717, 1.165) is 51.2 Å². The molecule has 0 saturated carbocycles. The van der Waals surface area contributed by atoms with Crippen molar-refractivity contribution in [2.75, 3.05) is 45.0 Å². The molecule has 4 nitrogen and oxygen atoms in total. The molecule has 1 aliphatic heterocycles. The highest BCUT2D eigenvalue weighted by molar-refractivity contribution is 7.99. The Kier molecular flexibility index (Phi) is 7.23. The first kappa shape index (κ1) is 16.5. The summed E-state index contributed by atoms with van der Waals surface area (Å²) in [7, 11) is 0. The number of carbonyl (C=O) groups excluding carboxylic acids is 1. The first-order valence-corrected chi connectivity index (χ1v) is 8.58. The molecule has 0 aromatic heterocycles. The van der Waals surface area contributed by atoms with Gasteiger partial charge in [0, 0.05) is 42.9 Å². The lowest BCUT2D eigenvalue weighted by Gasteiger charge is -2.34. The lowest BCUT2D eigenvalue weighted by atomic mass is 10.2. The van der Waals surface area contributed by atoms with E-state index in [1.54, 1.807) is 0 Å². The average molecular weight is 307 g/mol. The molecule has 0 spiro atoms. The van der Waals surface area contributed by atoms with Gasteiger partial charge in [0.25, 0.3) is 0 Å². The number of rotatable bonds is 8. The second-order valence-electron chi connectivity index (χ2n) is 5.48. The smallest absolute Gasteiger partial charge is 0.133 e. The average Bonchev–Trinajstić information content (AvgIpc) is 2.53. The normalized spacial score (nSPS) is 18.5. The van der Waals surface area contributed by atoms with Gasteiger partial charge in [0.2, 0.25) is 0 Å². The maximum atomic E-state index is 10.5. The molecule has 0 bridgehead atoms. The van der Waals surface area contributed by atoms with Crippen LogP contribution in [-0.4, -0.2) is 67.1 Å². The minimum absolute atomic E-state index is 0.239. The Bertz CT molecular complexity index is 407. The summed E-state index contributed by atoms with van der Waals surface area (Å²) in [6.45, 7) is 5.71. The van der Waals surface area contributed by atoms with E-state index in [9.17, 15) is 4.79 Å². The van der Waals surface area contributed by atoms with Gasteiger partial charge in [0.05, 0.1) is 6.54 Å². The lowest BCUT2D eigenvalue weighted by molar-refractivity contribution is -0.109. The molecule has 2 rings (SSSR count). The van der Waals surface area contributed by atoms with Crippen LogP contribution in [0.5, 0.6) is 0 Å². The van der Waals surface area contributed by atoms with Crippen LogP contribution >= 0.6 is 11.8 Å². The summed E-state index contributed by atoms with van der Waals surface area (Å²) in [6.07, 6.45) is 2.03. The molecule has 1 aromatic carbocycles. The summed E-state index contributed by atoms with van der Waals surface area (Å²) in [6, 6.07) is 10.7. The van der Waals surface area contributed by atoms with Crippen LogP contribution in [0.4, 0.5) is 0 Å². The predicted molar refractivity (Wildman–Crippen MR) is 88.7 cm³/mol. The maximum absolute atomic E-state index is 10.5. The van der Waals surface area contributed by atoms with Gasteiger partial charge in [-0.25, -0.2) is 0 Å². The minimum Gasteiger partial charge on any atom is -0.327 e. The van der Waals surface area contributed by atoms with Crippen LogP contribution in [0.25, 0.3) is 0 Å². The molecular formula is C16H25N3OS. The zero-order valence-corrected chi connectivity index (χ0v) is 13.3. The standard InChI is InChI=1S/C16H25N3OS/c17-15(14-21-16-4-2-1-3-5-16)6-7-18-8-10-19(11-9-18)12-13-20/h1-5,13,15H,6-12,14,17H2/t15-/m1/s1. The molecule has 1 aliphatic rings. The molecule has 0 unspecified atom stereocenters. The van der Waals surface area contributed by atoms with Crippen molar-refractivity contribution in [1.82, 2.24) is 9.80 Å². The number of nitrogens with zero attached hydrogens (tertiary/aromatic N) is 2. The third-order valence-electron chi connectivity index (χ3n) is 3.82. The van der Waals surface area contributed by atoms with Gasteiger partial charge in [-0.1, -0.05) is 18.2 Å². The minimum atomic E-state index is 0.239. The molecule has 0 aliphatic carbocycles. The van der Waals surface area contributed by atoms with Gasteiger partial charge >= 0.3 is 0 Å². The van der Waals surface area contributed by atoms with Crippen molar-refractivity contribution < 1.29 is 4.79 Å². The third-order valence-corrected chi connectivity index (χ3v) is 5.02. The van der Waals surface area contributed by atoms with E-state index in [1.807, 2.05) is 17.8 Å². The molecule has 2 N–H and O–H groups in total. The summed E-state index contributed by atoms with van der Waals surface area (Å²) < 4.78 is 0. The molecule has 0 amide bonds. The summed E-state index contributed by atoms with van der Waals surface area (Å²) >= 11 is 1.83. The monoisotopic (exact) mass is 307 g/mol. The summed E-state index contributed by atoms with van der Waals surface area (Å²) in [5, 5.41) is 0. The van der Waals surface area contributed by atoms with Crippen molar-refractivity contribution >= 4 is 18.0 Å². The van der Waals surface area contributed by atoms with Crippen molar-refractivity contribution in [1.29, 1.82) is 0 Å². The molecule has 1 aromatic rings. The zero-order valence-electron chi connectivity index (χ0n) is 12.5. The van der Waals surface area contributed by atoms with Gasteiger partial charge in [-0.2, -0.15) is 0 Å². The van der Waals surface area contributed by atoms with Gasteiger partial charge in [0.15, 0.2) is 0 Å². The van der Waals surface area contributed by atoms with Crippen molar-refractivity contribution in [2.24, 2.45) is 5.73 Å². The highest BCUT2D eigenvalue weighted by atomic mass is 32.2. The molecule has 1 heterocycles. The number of thioether (sulfide) groups is 1. The van der Waals surface area contributed by atoms with Crippen LogP contribution in [0.15, 0.2) is 35.2 Å². The van der Waals surface area contributed by atoms with Crippen LogP contribution in [0.2, 0.25) is 0 Å². The molecule has 1 saturated heterocycles. The van der Waals surface area contributed by atoms with E-state index in [-0.39, 0.29) is 6.04 Å². The number of hydrogen-bond donors (Lipinski definition) is 1. The van der Waals surface area contributed by atoms with E-state index in [2.05, 4.69) is 34.1 Å². The lowest BCUT2D eigenvalue weighted by Crippen LogP contribution is -2.47. The van der Waals surface area contributed by atoms with Gasteiger partial charge in [0.1, 0.15) is 6.29 Å². The van der Waals surface area contributed by atoms with Crippen molar-refractivity contribution in [3.63, 3.8) is 0 Å². The molecule has 1 fully saturated rings. The van der Waals surface area contributed by atoms with Crippen molar-refractivity contribution in [3.05, 3.63) is 30.3 Å². The van der Waals surface area contributed by atoms with Crippen LogP contribution in [0.1, 0.15) is 6.42 Å². The summed E-state index contributed by atoms with van der Waals surface area (Å²) in [5.41, 5.74) is 6.21. The third kappa shape index (κ3) is 6.18. The summed E-state index contributed by atoms with van der Waals surface area (Å²) in [4.78, 5) is 16.4. The van der Waals surface area contributed by atoms with Gasteiger partial charge in [-0.3, -0.25) is 4.90 Å². The Labute approximate surface area is 131 Å². The Morgan fingerprint density at radius 3 is 2.48 bits per heavy atom. The van der Waals surface area contributed by atoms with E-state index in [1.165, 1.54) is 4.90 Å². The number of piperazine rings is 1. The van der Waals surface area contributed by atoms with Crippen LogP contribution in [-0.2, 0) is 4.79 Å². The van der Waals surface area contributed by atoms with Gasteiger partial charge in [-0.15, -0.1) is 11.8 Å². The van der Waals surface area contributed by atoms with E-state index < -0.39 is 0 Å². The maximum Gasteiger partial charge on any atom is 0.133 e. The number of carbonyl (C=O) groups is 1. The molecule has 116 valence electrons. The van der Waals surface area contributed by atoms with Crippen molar-refractivity contribution in [2.45, 2.75) is 17.4 Å². The topological polar surface area (TPSA) is 49.6 Å². The van der Waals surface area contributed by atoms with E-state index >= 15 is 0 Å². The fourth-order valence-electron chi connectivity index (χ4n) is 2.45. The van der Waals surface area contributed by atoms with E-state index in [0.29, 0.717) is 6.54 Å². The Morgan fingerprint density at radius 1 is 1.14 bits per heavy atom. The first-order chi connectivity index (χ1) is 10.3. The summed E-state index contributed by atoms with van der Waals surface area (Å²) in [5.74, 6) is 0.967. The molecule has 5 heteroatoms. The van der Waals surface area contributed by atoms with Crippen LogP contribution in [0.3, 0.4) is 0 Å². The second-order valence-corrected chi connectivity index (χ2v) is 6.58. The highest BCUT2D eigenvalue weighted by Crippen LogP contribution is 2.18. The SMILES string of the molecule is N[C@H](CCN1CCN(CC=O)CC1)CSc1ccccc1. The molecule has 21 heavy (non-hydrogen) atoms. The van der Waals surface area contributed by atoms with Crippen LogP contribution in [0, 0.1) is 0 Å². The number of aldehydes is 1. The Hall–Kier alpha value is -0.880. The Morgan fingerprint density at radius 2 is 1.81 bits per heavy atom. The van der Waals surface area contributed by atoms with Gasteiger partial charge < -0.3 is 15.4 Å². The zero-order chi connectivity index (χ0) is 14.9.